The molecular formula is C13H13F4N3. The third kappa shape index (κ3) is 3.57. The molecule has 0 aliphatic rings. The molecule has 3 nitrogen and oxygen atoms in total. The van der Waals surface area contributed by atoms with Gasteiger partial charge in [0.2, 0.25) is 0 Å². The monoisotopic (exact) mass is 287 g/mol. The van der Waals surface area contributed by atoms with Crippen LogP contribution in [-0.2, 0) is 6.54 Å². The van der Waals surface area contributed by atoms with Gasteiger partial charge in [-0.25, -0.2) is 13.5 Å². The number of hydrogen-bond donors (Lipinski definition) is 1. The maximum absolute atomic E-state index is 12.7. The van der Waals surface area contributed by atoms with Crippen LogP contribution in [0.1, 0.15) is 5.69 Å². The fraction of sp³-hybridized carbons (Fsp3) is 0.308. The summed E-state index contributed by atoms with van der Waals surface area (Å²) < 4.78 is 50.9. The Kier molecular flexibility index (Phi) is 4.39. The third-order valence-electron chi connectivity index (χ3n) is 2.65. The Bertz CT molecular complexity index is 540. The van der Waals surface area contributed by atoms with E-state index < -0.39 is 18.9 Å². The largest absolute Gasteiger partial charge is 0.319 e. The number of para-hydroxylation sites is 1. The molecule has 0 atom stereocenters. The van der Waals surface area contributed by atoms with Gasteiger partial charge < -0.3 is 5.32 Å². The molecule has 1 N–H and O–H groups in total. The van der Waals surface area contributed by atoms with Gasteiger partial charge in [0.15, 0.2) is 0 Å². The molecule has 108 valence electrons. The number of benzene rings is 1. The molecule has 1 heterocycles. The standard InChI is InChI=1S/C13H13F4N3/c14-12(15)13(16,17)9-18-8-10-6-7-20(19-10)11-4-2-1-3-5-11/h1-7,12,18H,8-9H2. The second-order valence-electron chi connectivity index (χ2n) is 4.25. The Morgan fingerprint density at radius 1 is 1.15 bits per heavy atom. The van der Waals surface area contributed by atoms with Gasteiger partial charge in [0.05, 0.1) is 17.9 Å². The van der Waals surface area contributed by atoms with Crippen LogP contribution < -0.4 is 5.32 Å². The van der Waals surface area contributed by atoms with Crippen molar-refractivity contribution in [3.8, 4) is 5.69 Å². The Morgan fingerprint density at radius 2 is 1.85 bits per heavy atom. The van der Waals surface area contributed by atoms with Crippen molar-refractivity contribution in [1.29, 1.82) is 0 Å². The zero-order chi connectivity index (χ0) is 14.6. The lowest BCUT2D eigenvalue weighted by atomic mass is 10.3. The van der Waals surface area contributed by atoms with Crippen molar-refractivity contribution in [3.05, 3.63) is 48.3 Å². The van der Waals surface area contributed by atoms with E-state index in [9.17, 15) is 17.6 Å². The van der Waals surface area contributed by atoms with Crippen LogP contribution in [0.15, 0.2) is 42.6 Å². The minimum absolute atomic E-state index is 0.00213. The van der Waals surface area contributed by atoms with Crippen molar-refractivity contribution in [1.82, 2.24) is 15.1 Å². The number of rotatable bonds is 6. The molecule has 0 radical (unpaired) electrons. The van der Waals surface area contributed by atoms with Crippen LogP contribution >= 0.6 is 0 Å². The number of aromatic nitrogens is 2. The van der Waals surface area contributed by atoms with Gasteiger partial charge in [-0.15, -0.1) is 0 Å². The number of hydrogen-bond acceptors (Lipinski definition) is 2. The fourth-order valence-electron chi connectivity index (χ4n) is 1.61. The molecule has 1 aromatic carbocycles. The van der Waals surface area contributed by atoms with Crippen LogP contribution in [0.2, 0.25) is 0 Å². The molecule has 7 heteroatoms. The van der Waals surface area contributed by atoms with Crippen molar-refractivity contribution in [2.24, 2.45) is 0 Å². The Labute approximate surface area is 113 Å². The molecule has 0 spiro atoms. The van der Waals surface area contributed by atoms with Crippen LogP contribution in [0.4, 0.5) is 17.6 Å². The lowest BCUT2D eigenvalue weighted by Gasteiger charge is -2.15. The first kappa shape index (κ1) is 14.5. The predicted octanol–water partition coefficient (Wildman–Crippen LogP) is 2.86. The molecule has 0 aliphatic heterocycles. The fourth-order valence-corrected chi connectivity index (χ4v) is 1.61. The molecule has 0 unspecified atom stereocenters. The van der Waals surface area contributed by atoms with Gasteiger partial charge in [-0.3, -0.25) is 0 Å². The van der Waals surface area contributed by atoms with Gasteiger partial charge in [-0.05, 0) is 18.2 Å². The molecule has 0 saturated carbocycles. The first-order valence-electron chi connectivity index (χ1n) is 5.96. The van der Waals surface area contributed by atoms with E-state index in [1.54, 1.807) is 16.9 Å². The minimum atomic E-state index is -4.03. The highest BCUT2D eigenvalue weighted by Crippen LogP contribution is 2.21. The zero-order valence-electron chi connectivity index (χ0n) is 10.4. The number of nitrogens with zero attached hydrogens (tertiary/aromatic N) is 2. The lowest BCUT2D eigenvalue weighted by Crippen LogP contribution is -2.38. The average molecular weight is 287 g/mol. The van der Waals surface area contributed by atoms with E-state index in [2.05, 4.69) is 10.4 Å². The molecule has 2 aromatic rings. The van der Waals surface area contributed by atoms with Crippen LogP contribution in [0.3, 0.4) is 0 Å². The third-order valence-corrected chi connectivity index (χ3v) is 2.65. The molecule has 0 saturated heterocycles. The topological polar surface area (TPSA) is 29.9 Å². The molecular weight excluding hydrogens is 274 g/mol. The van der Waals surface area contributed by atoms with E-state index in [-0.39, 0.29) is 6.54 Å². The molecule has 0 fully saturated rings. The van der Waals surface area contributed by atoms with E-state index in [1.807, 2.05) is 30.3 Å². The van der Waals surface area contributed by atoms with Crippen molar-refractivity contribution in [2.75, 3.05) is 6.54 Å². The van der Waals surface area contributed by atoms with Crippen molar-refractivity contribution < 1.29 is 17.6 Å². The molecule has 0 aliphatic carbocycles. The first-order valence-corrected chi connectivity index (χ1v) is 5.96. The van der Waals surface area contributed by atoms with E-state index in [4.69, 9.17) is 0 Å². The van der Waals surface area contributed by atoms with E-state index >= 15 is 0 Å². The Hall–Kier alpha value is -1.89. The molecule has 1 aromatic heterocycles. The maximum Gasteiger partial charge on any atom is 0.319 e. The lowest BCUT2D eigenvalue weighted by molar-refractivity contribution is -0.125. The summed E-state index contributed by atoms with van der Waals surface area (Å²) in [6.07, 6.45) is -1.99. The highest BCUT2D eigenvalue weighted by Gasteiger charge is 2.39. The SMILES string of the molecule is FC(F)C(F)(F)CNCc1ccn(-c2ccccc2)n1. The van der Waals surface area contributed by atoms with Gasteiger partial charge in [-0.2, -0.15) is 13.9 Å². The summed E-state index contributed by atoms with van der Waals surface area (Å²) in [5, 5.41) is 6.45. The summed E-state index contributed by atoms with van der Waals surface area (Å²) >= 11 is 0. The summed E-state index contributed by atoms with van der Waals surface area (Å²) in [5.74, 6) is -4.03. The van der Waals surface area contributed by atoms with Gasteiger partial charge in [0.1, 0.15) is 0 Å². The average Bonchev–Trinajstić information content (AvgIpc) is 2.88. The minimum Gasteiger partial charge on any atom is -0.305 e. The van der Waals surface area contributed by atoms with Crippen LogP contribution in [0.5, 0.6) is 0 Å². The normalized spacial score (nSPS) is 12.1. The molecule has 0 amide bonds. The summed E-state index contributed by atoms with van der Waals surface area (Å²) in [7, 11) is 0. The second-order valence-corrected chi connectivity index (χ2v) is 4.25. The quantitative estimate of drug-likeness (QED) is 0.828. The van der Waals surface area contributed by atoms with Crippen molar-refractivity contribution in [3.63, 3.8) is 0 Å². The summed E-state index contributed by atoms with van der Waals surface area (Å²) in [4.78, 5) is 0. The summed E-state index contributed by atoms with van der Waals surface area (Å²) in [6.45, 7) is -1.08. The highest BCUT2D eigenvalue weighted by molar-refractivity contribution is 5.30. The van der Waals surface area contributed by atoms with Gasteiger partial charge in [0, 0.05) is 12.7 Å². The predicted molar refractivity (Wildman–Crippen MR) is 66.2 cm³/mol. The zero-order valence-corrected chi connectivity index (χ0v) is 10.4. The maximum atomic E-state index is 12.7. The van der Waals surface area contributed by atoms with E-state index in [0.717, 1.165) is 5.69 Å². The molecule has 0 bridgehead atoms. The van der Waals surface area contributed by atoms with Gasteiger partial charge in [0.25, 0.3) is 0 Å². The highest BCUT2D eigenvalue weighted by atomic mass is 19.3. The van der Waals surface area contributed by atoms with E-state index in [0.29, 0.717) is 5.69 Å². The summed E-state index contributed by atoms with van der Waals surface area (Å²) in [6, 6.07) is 10.9. The van der Waals surface area contributed by atoms with Crippen LogP contribution in [-0.4, -0.2) is 28.7 Å². The molecule has 2 rings (SSSR count). The molecule has 20 heavy (non-hydrogen) atoms. The van der Waals surface area contributed by atoms with Crippen LogP contribution in [0, 0.1) is 0 Å². The van der Waals surface area contributed by atoms with Gasteiger partial charge in [-0.1, -0.05) is 18.2 Å². The van der Waals surface area contributed by atoms with E-state index in [1.165, 1.54) is 0 Å². The Balaban J connectivity index is 1.91. The number of alkyl halides is 4. The second kappa shape index (κ2) is 6.04. The Morgan fingerprint density at radius 3 is 2.50 bits per heavy atom. The smallest absolute Gasteiger partial charge is 0.305 e. The first-order chi connectivity index (χ1) is 9.49. The van der Waals surface area contributed by atoms with Crippen molar-refractivity contribution in [2.45, 2.75) is 18.9 Å². The number of halogens is 4. The van der Waals surface area contributed by atoms with Gasteiger partial charge >= 0.3 is 12.3 Å². The summed E-state index contributed by atoms with van der Waals surface area (Å²) in [5.41, 5.74) is 1.33. The van der Waals surface area contributed by atoms with Crippen molar-refractivity contribution >= 4 is 0 Å². The number of nitrogens with one attached hydrogen (secondary N) is 1. The van der Waals surface area contributed by atoms with Crippen LogP contribution in [0.25, 0.3) is 5.69 Å².